The number of rotatable bonds is 8. The third-order valence-electron chi connectivity index (χ3n) is 6.57. The number of aryl methyl sites for hydroxylation is 4. The second kappa shape index (κ2) is 10.6. The largest absolute Gasteiger partial charge is 0.349 e. The summed E-state index contributed by atoms with van der Waals surface area (Å²) in [6.07, 6.45) is 2.76. The minimum absolute atomic E-state index is 0.0562. The molecule has 5 nitrogen and oxygen atoms in total. The Morgan fingerprint density at radius 1 is 1.09 bits per heavy atom. The van der Waals surface area contributed by atoms with Gasteiger partial charge in [-0.1, -0.05) is 42.5 Å². The maximum absolute atomic E-state index is 13.0. The second-order valence-corrected chi connectivity index (χ2v) is 11.2. The van der Waals surface area contributed by atoms with Crippen molar-refractivity contribution in [1.29, 1.82) is 0 Å². The lowest BCUT2D eigenvalue weighted by Crippen LogP contribution is -2.46. The van der Waals surface area contributed by atoms with Gasteiger partial charge in [0.25, 0.3) is 0 Å². The van der Waals surface area contributed by atoms with E-state index in [0.717, 1.165) is 29.5 Å². The maximum atomic E-state index is 13.0. The van der Waals surface area contributed by atoms with Crippen LogP contribution in [0.1, 0.15) is 60.0 Å². The number of nitrogens with one attached hydrogen (secondary N) is 1. The molecule has 0 unspecified atom stereocenters. The molecule has 1 N–H and O–H groups in total. The Morgan fingerprint density at radius 2 is 1.78 bits per heavy atom. The summed E-state index contributed by atoms with van der Waals surface area (Å²) < 4.78 is 27.3. The Morgan fingerprint density at radius 3 is 2.50 bits per heavy atom. The summed E-state index contributed by atoms with van der Waals surface area (Å²) in [6.45, 7) is 9.01. The standard InChI is InChI=1S/C26H36N2O3S/c1-19-16-21(3)25(17-20(19)2)22(4)27-26(29)24-13-8-14-28(18-24)32(30,31)15-9-12-23-10-6-5-7-11-23/h5-7,10-11,16-17,22,24H,8-9,12-15,18H2,1-4H3,(H,27,29)/t22-,24+/m1/s1. The van der Waals surface area contributed by atoms with Crippen LogP contribution in [0.4, 0.5) is 0 Å². The Hall–Kier alpha value is -2.18. The Kier molecular flexibility index (Phi) is 8.12. The van der Waals surface area contributed by atoms with Crippen molar-refractivity contribution in [1.82, 2.24) is 9.62 Å². The summed E-state index contributed by atoms with van der Waals surface area (Å²) in [6, 6.07) is 14.1. The lowest BCUT2D eigenvalue weighted by molar-refractivity contribution is -0.126. The topological polar surface area (TPSA) is 66.5 Å². The van der Waals surface area contributed by atoms with Gasteiger partial charge in [-0.25, -0.2) is 12.7 Å². The number of carbonyl (C=O) groups is 1. The van der Waals surface area contributed by atoms with Crippen LogP contribution in [0.15, 0.2) is 42.5 Å². The summed E-state index contributed by atoms with van der Waals surface area (Å²) in [5.74, 6) is -0.240. The first-order valence-corrected chi connectivity index (χ1v) is 13.2. The summed E-state index contributed by atoms with van der Waals surface area (Å²) in [5, 5.41) is 3.13. The molecule has 2 atom stereocenters. The van der Waals surface area contributed by atoms with Gasteiger partial charge in [0.2, 0.25) is 15.9 Å². The zero-order valence-electron chi connectivity index (χ0n) is 19.7. The van der Waals surface area contributed by atoms with E-state index in [9.17, 15) is 13.2 Å². The molecule has 2 aromatic carbocycles. The monoisotopic (exact) mass is 456 g/mol. The average molecular weight is 457 g/mol. The molecular weight excluding hydrogens is 420 g/mol. The molecule has 32 heavy (non-hydrogen) atoms. The summed E-state index contributed by atoms with van der Waals surface area (Å²) in [5.41, 5.74) is 5.87. The molecule has 0 saturated carbocycles. The molecule has 1 heterocycles. The van der Waals surface area contributed by atoms with Crippen LogP contribution in [0.5, 0.6) is 0 Å². The fourth-order valence-corrected chi connectivity index (χ4v) is 6.08. The molecular formula is C26H36N2O3S. The van der Waals surface area contributed by atoms with Crippen LogP contribution < -0.4 is 5.32 Å². The van der Waals surface area contributed by atoms with Crippen LogP contribution in [0, 0.1) is 26.7 Å². The van der Waals surface area contributed by atoms with Crippen LogP contribution >= 0.6 is 0 Å². The minimum atomic E-state index is -3.36. The highest BCUT2D eigenvalue weighted by atomic mass is 32.2. The Labute approximate surface area is 193 Å². The number of amides is 1. The maximum Gasteiger partial charge on any atom is 0.224 e. The van der Waals surface area contributed by atoms with Gasteiger partial charge in [-0.05, 0) is 81.2 Å². The van der Waals surface area contributed by atoms with Crippen LogP contribution in [0.3, 0.4) is 0 Å². The summed E-state index contributed by atoms with van der Waals surface area (Å²) in [7, 11) is -3.36. The van der Waals surface area contributed by atoms with Crippen LogP contribution in [-0.2, 0) is 21.2 Å². The van der Waals surface area contributed by atoms with Crippen LogP contribution in [-0.4, -0.2) is 37.5 Å². The molecule has 0 bridgehead atoms. The first-order valence-electron chi connectivity index (χ1n) is 11.6. The molecule has 0 aromatic heterocycles. The minimum Gasteiger partial charge on any atom is -0.349 e. The zero-order valence-corrected chi connectivity index (χ0v) is 20.5. The molecule has 1 aliphatic heterocycles. The van der Waals surface area contributed by atoms with E-state index in [0.29, 0.717) is 19.4 Å². The molecule has 1 aliphatic rings. The van der Waals surface area contributed by atoms with Crippen LogP contribution in [0.2, 0.25) is 0 Å². The van der Waals surface area contributed by atoms with Crippen molar-refractivity contribution in [3.8, 4) is 0 Å². The highest BCUT2D eigenvalue weighted by Gasteiger charge is 2.32. The van der Waals surface area contributed by atoms with Crippen molar-refractivity contribution in [3.05, 3.63) is 70.3 Å². The molecule has 1 fully saturated rings. The molecule has 6 heteroatoms. The van der Waals surface area contributed by atoms with Gasteiger partial charge in [0.15, 0.2) is 0 Å². The molecule has 1 saturated heterocycles. The zero-order chi connectivity index (χ0) is 23.3. The van der Waals surface area contributed by atoms with E-state index in [1.165, 1.54) is 15.4 Å². The van der Waals surface area contributed by atoms with Crippen molar-refractivity contribution in [2.45, 2.75) is 59.4 Å². The fourth-order valence-electron chi connectivity index (χ4n) is 4.50. The Balaban J connectivity index is 1.57. The summed E-state index contributed by atoms with van der Waals surface area (Å²) in [4.78, 5) is 13.0. The molecule has 174 valence electrons. The lowest BCUT2D eigenvalue weighted by atomic mass is 9.95. The van der Waals surface area contributed by atoms with Gasteiger partial charge in [0.1, 0.15) is 0 Å². The van der Waals surface area contributed by atoms with Crippen molar-refractivity contribution in [2.24, 2.45) is 5.92 Å². The molecule has 1 amide bonds. The molecule has 2 aromatic rings. The second-order valence-electron chi connectivity index (χ2n) is 9.13. The van der Waals surface area contributed by atoms with Gasteiger partial charge in [-0.15, -0.1) is 0 Å². The van der Waals surface area contributed by atoms with Gasteiger partial charge < -0.3 is 5.32 Å². The van der Waals surface area contributed by atoms with Crippen molar-refractivity contribution in [3.63, 3.8) is 0 Å². The highest BCUT2D eigenvalue weighted by molar-refractivity contribution is 7.89. The fraction of sp³-hybridized carbons (Fsp3) is 0.500. The third-order valence-corrected chi connectivity index (χ3v) is 8.49. The van der Waals surface area contributed by atoms with E-state index >= 15 is 0 Å². The average Bonchev–Trinajstić information content (AvgIpc) is 2.77. The van der Waals surface area contributed by atoms with E-state index in [2.05, 4.69) is 38.2 Å². The van der Waals surface area contributed by atoms with E-state index in [4.69, 9.17) is 0 Å². The lowest BCUT2D eigenvalue weighted by Gasteiger charge is -2.32. The quantitative estimate of drug-likeness (QED) is 0.638. The van der Waals surface area contributed by atoms with E-state index in [1.807, 2.05) is 37.3 Å². The predicted molar refractivity (Wildman–Crippen MR) is 130 cm³/mol. The first-order chi connectivity index (χ1) is 15.2. The number of carbonyl (C=O) groups excluding carboxylic acids is 1. The number of sulfonamides is 1. The van der Waals surface area contributed by atoms with E-state index in [1.54, 1.807) is 0 Å². The molecule has 0 spiro atoms. The Bertz CT molecular complexity index is 1030. The number of hydrogen-bond donors (Lipinski definition) is 1. The predicted octanol–water partition coefficient (Wildman–Crippen LogP) is 4.46. The summed E-state index contributed by atoms with van der Waals surface area (Å²) >= 11 is 0. The van der Waals surface area contributed by atoms with Gasteiger partial charge in [0.05, 0.1) is 17.7 Å². The normalized spacial score (nSPS) is 18.3. The molecule has 0 aliphatic carbocycles. The van der Waals surface area contributed by atoms with Crippen molar-refractivity contribution < 1.29 is 13.2 Å². The van der Waals surface area contributed by atoms with Gasteiger partial charge in [-0.3, -0.25) is 4.79 Å². The number of hydrogen-bond acceptors (Lipinski definition) is 3. The number of benzene rings is 2. The van der Waals surface area contributed by atoms with Crippen molar-refractivity contribution in [2.75, 3.05) is 18.8 Å². The molecule has 0 radical (unpaired) electrons. The number of nitrogens with zero attached hydrogens (tertiary/aromatic N) is 1. The first kappa shape index (κ1) is 24.5. The SMILES string of the molecule is Cc1cc(C)c([C@@H](C)NC(=O)[C@H]2CCCN(S(=O)(=O)CCCc3ccccc3)C2)cc1C. The van der Waals surface area contributed by atoms with E-state index in [-0.39, 0.29) is 30.2 Å². The van der Waals surface area contributed by atoms with Crippen molar-refractivity contribution >= 4 is 15.9 Å². The van der Waals surface area contributed by atoms with E-state index < -0.39 is 10.0 Å². The van der Waals surface area contributed by atoms with Gasteiger partial charge in [0, 0.05) is 13.1 Å². The van der Waals surface area contributed by atoms with Gasteiger partial charge in [-0.2, -0.15) is 0 Å². The molecule has 3 rings (SSSR count). The smallest absolute Gasteiger partial charge is 0.224 e. The highest BCUT2D eigenvalue weighted by Crippen LogP contribution is 2.24. The number of piperidine rings is 1. The van der Waals surface area contributed by atoms with Gasteiger partial charge >= 0.3 is 0 Å². The third kappa shape index (κ3) is 6.20. The van der Waals surface area contributed by atoms with Crippen LogP contribution in [0.25, 0.3) is 0 Å².